The van der Waals surface area contributed by atoms with E-state index in [1.54, 1.807) is 25.3 Å². The molecule has 1 aliphatic carbocycles. The van der Waals surface area contributed by atoms with E-state index in [4.69, 9.17) is 9.84 Å². The van der Waals surface area contributed by atoms with Gasteiger partial charge in [0, 0.05) is 30.8 Å². The second-order valence-electron chi connectivity index (χ2n) is 8.17. The summed E-state index contributed by atoms with van der Waals surface area (Å²) in [6.07, 6.45) is 1.18. The lowest BCUT2D eigenvalue weighted by Crippen LogP contribution is -2.51. The van der Waals surface area contributed by atoms with Crippen LogP contribution in [0.4, 0.5) is 4.79 Å². The highest BCUT2D eigenvalue weighted by Gasteiger charge is 2.31. The number of aliphatic carboxylic acids is 1. The summed E-state index contributed by atoms with van der Waals surface area (Å²) in [5.74, 6) is -1.70. The van der Waals surface area contributed by atoms with Crippen molar-refractivity contribution in [2.45, 2.75) is 25.3 Å². The first-order valence-electron chi connectivity index (χ1n) is 11.2. The van der Waals surface area contributed by atoms with E-state index in [2.05, 4.69) is 22.4 Å². The minimum absolute atomic E-state index is 0.102. The van der Waals surface area contributed by atoms with Crippen LogP contribution in [-0.4, -0.2) is 58.7 Å². The summed E-state index contributed by atoms with van der Waals surface area (Å²) in [5.41, 5.74) is 5.17. The summed E-state index contributed by atoms with van der Waals surface area (Å²) in [6.45, 7) is 1.58. The molecule has 0 radical (unpaired) electrons. The first-order chi connectivity index (χ1) is 16.5. The number of hydrogen-bond donors (Lipinski definition) is 3. The van der Waals surface area contributed by atoms with Gasteiger partial charge in [0.15, 0.2) is 0 Å². The smallest absolute Gasteiger partial charge is 0.407 e. The predicted molar refractivity (Wildman–Crippen MR) is 126 cm³/mol. The summed E-state index contributed by atoms with van der Waals surface area (Å²) in [7, 11) is 0. The lowest BCUT2D eigenvalue weighted by molar-refractivity contribution is -0.145. The van der Waals surface area contributed by atoms with E-state index in [-0.39, 0.29) is 25.5 Å². The molecule has 3 N–H and O–H groups in total. The number of ether oxygens (including phenoxy) is 1. The van der Waals surface area contributed by atoms with E-state index in [0.29, 0.717) is 0 Å². The summed E-state index contributed by atoms with van der Waals surface area (Å²) in [6, 6.07) is 18.7. The SMILES string of the molecule is CCN(CC(=O)O)C(=O)C(Cc1ccc[nH]1)NC(=O)OCC1c2ccccc2-c2ccccc21. The first kappa shape index (κ1) is 23.1. The molecule has 2 amide bonds. The van der Waals surface area contributed by atoms with Gasteiger partial charge in [-0.15, -0.1) is 0 Å². The van der Waals surface area contributed by atoms with Crippen LogP contribution in [0.3, 0.4) is 0 Å². The molecule has 176 valence electrons. The highest BCUT2D eigenvalue weighted by molar-refractivity contribution is 5.88. The quantitative estimate of drug-likeness (QED) is 0.452. The number of nitrogens with zero attached hydrogens (tertiary/aromatic N) is 1. The Balaban J connectivity index is 1.47. The van der Waals surface area contributed by atoms with Crippen LogP contribution in [0.5, 0.6) is 0 Å². The third kappa shape index (κ3) is 4.96. The summed E-state index contributed by atoms with van der Waals surface area (Å²) < 4.78 is 5.59. The number of nitrogens with one attached hydrogen (secondary N) is 2. The molecule has 8 heteroatoms. The van der Waals surface area contributed by atoms with Gasteiger partial charge in [0.2, 0.25) is 5.91 Å². The van der Waals surface area contributed by atoms with Gasteiger partial charge in [0.1, 0.15) is 19.2 Å². The van der Waals surface area contributed by atoms with Gasteiger partial charge in [-0.05, 0) is 41.3 Å². The molecule has 2 aromatic carbocycles. The molecule has 1 heterocycles. The molecular formula is C26H27N3O5. The Hall–Kier alpha value is -4.07. The van der Waals surface area contributed by atoms with Gasteiger partial charge < -0.3 is 25.0 Å². The molecule has 0 fully saturated rings. The van der Waals surface area contributed by atoms with Crippen molar-refractivity contribution in [3.63, 3.8) is 0 Å². The molecule has 3 aromatic rings. The zero-order chi connectivity index (χ0) is 24.1. The molecule has 0 spiro atoms. The second kappa shape index (κ2) is 10.2. The molecule has 0 aliphatic heterocycles. The number of carbonyl (C=O) groups excluding carboxylic acids is 2. The molecule has 4 rings (SSSR count). The molecule has 34 heavy (non-hydrogen) atoms. The number of amides is 2. The van der Waals surface area contributed by atoms with Crippen molar-refractivity contribution in [3.8, 4) is 11.1 Å². The molecule has 1 atom stereocenters. The summed E-state index contributed by atoms with van der Waals surface area (Å²) in [4.78, 5) is 41.2. The van der Waals surface area contributed by atoms with E-state index < -0.39 is 30.6 Å². The third-order valence-corrected chi connectivity index (χ3v) is 6.04. The van der Waals surface area contributed by atoms with Gasteiger partial charge in [-0.1, -0.05) is 48.5 Å². The third-order valence-electron chi connectivity index (χ3n) is 6.04. The van der Waals surface area contributed by atoms with E-state index in [1.807, 2.05) is 36.4 Å². The Morgan fingerprint density at radius 3 is 2.24 bits per heavy atom. The van der Waals surface area contributed by atoms with Crippen LogP contribution in [0.25, 0.3) is 11.1 Å². The maximum absolute atomic E-state index is 13.0. The van der Waals surface area contributed by atoms with Crippen molar-refractivity contribution in [1.82, 2.24) is 15.2 Å². The predicted octanol–water partition coefficient (Wildman–Crippen LogP) is 3.40. The average molecular weight is 462 g/mol. The standard InChI is InChI=1S/C26H27N3O5/c1-2-29(15-24(30)31)25(32)23(14-17-8-7-13-27-17)28-26(33)34-16-22-20-11-5-3-9-18(20)19-10-4-6-12-21(19)22/h3-13,22-23,27H,2,14-16H2,1H3,(H,28,33)(H,30,31). The van der Waals surface area contributed by atoms with Crippen molar-refractivity contribution < 1.29 is 24.2 Å². The fraction of sp³-hybridized carbons (Fsp3) is 0.269. The Morgan fingerprint density at radius 1 is 1.03 bits per heavy atom. The summed E-state index contributed by atoms with van der Waals surface area (Å²) in [5, 5.41) is 11.8. The van der Waals surface area contributed by atoms with Crippen LogP contribution in [0.1, 0.15) is 29.7 Å². The zero-order valence-electron chi connectivity index (χ0n) is 18.9. The Bertz CT molecular complexity index is 1130. The highest BCUT2D eigenvalue weighted by atomic mass is 16.5. The van der Waals surface area contributed by atoms with Crippen LogP contribution in [0.15, 0.2) is 66.9 Å². The number of carbonyl (C=O) groups is 3. The number of rotatable bonds is 9. The van der Waals surface area contributed by atoms with Gasteiger partial charge >= 0.3 is 12.1 Å². The number of aromatic amines is 1. The van der Waals surface area contributed by atoms with Crippen molar-refractivity contribution in [2.24, 2.45) is 0 Å². The van der Waals surface area contributed by atoms with Crippen molar-refractivity contribution in [3.05, 3.63) is 83.7 Å². The lowest BCUT2D eigenvalue weighted by Gasteiger charge is -2.25. The maximum Gasteiger partial charge on any atom is 0.407 e. The first-order valence-corrected chi connectivity index (χ1v) is 11.2. The number of likely N-dealkylation sites (N-methyl/N-ethyl adjacent to an activating group) is 1. The summed E-state index contributed by atoms with van der Waals surface area (Å²) >= 11 is 0. The lowest BCUT2D eigenvalue weighted by atomic mass is 9.98. The van der Waals surface area contributed by atoms with Crippen LogP contribution in [0.2, 0.25) is 0 Å². The molecule has 0 saturated carbocycles. The number of H-pyrrole nitrogens is 1. The Kier molecular flexibility index (Phi) is 6.96. The minimum Gasteiger partial charge on any atom is -0.480 e. The number of carboxylic acids is 1. The number of benzene rings is 2. The minimum atomic E-state index is -1.12. The second-order valence-corrected chi connectivity index (χ2v) is 8.17. The Labute approximate surface area is 197 Å². The molecule has 1 unspecified atom stereocenters. The van der Waals surface area contributed by atoms with Gasteiger partial charge in [-0.25, -0.2) is 4.79 Å². The monoisotopic (exact) mass is 461 g/mol. The number of fused-ring (bicyclic) bond motifs is 3. The molecular weight excluding hydrogens is 434 g/mol. The highest BCUT2D eigenvalue weighted by Crippen LogP contribution is 2.44. The Morgan fingerprint density at radius 2 is 1.68 bits per heavy atom. The van der Waals surface area contributed by atoms with E-state index in [0.717, 1.165) is 27.9 Å². The molecule has 0 saturated heterocycles. The molecule has 8 nitrogen and oxygen atoms in total. The largest absolute Gasteiger partial charge is 0.480 e. The molecule has 1 aromatic heterocycles. The fourth-order valence-corrected chi connectivity index (χ4v) is 4.43. The van der Waals surface area contributed by atoms with Crippen molar-refractivity contribution in [1.29, 1.82) is 0 Å². The number of hydrogen-bond acceptors (Lipinski definition) is 4. The zero-order valence-corrected chi connectivity index (χ0v) is 18.9. The van der Waals surface area contributed by atoms with E-state index in [1.165, 1.54) is 4.90 Å². The van der Waals surface area contributed by atoms with E-state index in [9.17, 15) is 14.4 Å². The maximum atomic E-state index is 13.0. The van der Waals surface area contributed by atoms with Crippen molar-refractivity contribution in [2.75, 3.05) is 19.7 Å². The van der Waals surface area contributed by atoms with E-state index >= 15 is 0 Å². The fourth-order valence-electron chi connectivity index (χ4n) is 4.43. The van der Waals surface area contributed by atoms with Crippen LogP contribution >= 0.6 is 0 Å². The van der Waals surface area contributed by atoms with Crippen LogP contribution in [-0.2, 0) is 20.7 Å². The van der Waals surface area contributed by atoms with Crippen LogP contribution in [0, 0.1) is 0 Å². The van der Waals surface area contributed by atoms with Gasteiger partial charge in [0.25, 0.3) is 0 Å². The normalized spacial score (nSPS) is 13.0. The molecule has 1 aliphatic rings. The number of carboxylic acid groups (broad SMARTS) is 1. The van der Waals surface area contributed by atoms with Gasteiger partial charge in [0.05, 0.1) is 0 Å². The van der Waals surface area contributed by atoms with Crippen LogP contribution < -0.4 is 5.32 Å². The van der Waals surface area contributed by atoms with Crippen molar-refractivity contribution >= 4 is 18.0 Å². The number of alkyl carbamates (subject to hydrolysis) is 1. The van der Waals surface area contributed by atoms with Gasteiger partial charge in [-0.2, -0.15) is 0 Å². The molecule has 0 bridgehead atoms. The number of aromatic nitrogens is 1. The average Bonchev–Trinajstić information content (AvgIpc) is 3.46. The van der Waals surface area contributed by atoms with Gasteiger partial charge in [-0.3, -0.25) is 9.59 Å². The topological polar surface area (TPSA) is 112 Å².